The predicted octanol–water partition coefficient (Wildman–Crippen LogP) is 3.53. The maximum atomic E-state index is 12.2. The second-order valence-electron chi connectivity index (χ2n) is 10.4. The van der Waals surface area contributed by atoms with E-state index in [1.54, 1.807) is 6.92 Å². The molecule has 0 aromatic heterocycles. The first-order chi connectivity index (χ1) is 17.3. The molecule has 1 aromatic carbocycles. The van der Waals surface area contributed by atoms with E-state index < -0.39 is 24.6 Å². The number of unbranched alkanes of at least 4 members (excludes halogenated alkanes) is 2. The van der Waals surface area contributed by atoms with Crippen LogP contribution in [0.2, 0.25) is 0 Å². The van der Waals surface area contributed by atoms with Crippen molar-refractivity contribution in [2.24, 2.45) is 17.8 Å². The Bertz CT molecular complexity index is 856. The molecule has 0 bridgehead atoms. The van der Waals surface area contributed by atoms with Gasteiger partial charge in [-0.15, -0.1) is 0 Å². The highest BCUT2D eigenvalue weighted by Gasteiger charge is 2.44. The lowest BCUT2D eigenvalue weighted by molar-refractivity contribution is -0.154. The first-order valence-corrected chi connectivity index (χ1v) is 13.4. The van der Waals surface area contributed by atoms with Crippen molar-refractivity contribution in [1.29, 1.82) is 0 Å². The second kappa shape index (κ2) is 14.0. The highest BCUT2D eigenvalue weighted by Crippen LogP contribution is 2.48. The van der Waals surface area contributed by atoms with Gasteiger partial charge in [0.2, 0.25) is 0 Å². The summed E-state index contributed by atoms with van der Waals surface area (Å²) in [5, 5.41) is 29.8. The predicted molar refractivity (Wildman–Crippen MR) is 134 cm³/mol. The van der Waals surface area contributed by atoms with E-state index in [9.17, 15) is 19.8 Å². The number of hydrogen-bond donors (Lipinski definition) is 3. The summed E-state index contributed by atoms with van der Waals surface area (Å²) in [5.41, 5.74) is 2.29. The average molecular weight is 507 g/mol. The van der Waals surface area contributed by atoms with Gasteiger partial charge in [0.05, 0.1) is 18.8 Å². The maximum absolute atomic E-state index is 12.2. The van der Waals surface area contributed by atoms with E-state index in [0.29, 0.717) is 17.6 Å². The lowest BCUT2D eigenvalue weighted by Crippen LogP contribution is -2.28. The fraction of sp³-hybridized carbons (Fsp3) is 0.714. The van der Waals surface area contributed by atoms with Crippen LogP contribution in [0, 0.1) is 17.8 Å². The zero-order valence-corrected chi connectivity index (χ0v) is 21.6. The number of hydrogen-bond acceptors (Lipinski definition) is 7. The smallest absolute Gasteiger partial charge is 0.344 e. The first kappa shape index (κ1) is 28.4. The van der Waals surface area contributed by atoms with Crippen LogP contribution >= 0.6 is 0 Å². The van der Waals surface area contributed by atoms with E-state index in [-0.39, 0.29) is 31.3 Å². The Morgan fingerprint density at radius 3 is 2.69 bits per heavy atom. The van der Waals surface area contributed by atoms with Crippen LogP contribution in [-0.4, -0.2) is 65.4 Å². The van der Waals surface area contributed by atoms with Crippen molar-refractivity contribution in [3.8, 4) is 5.75 Å². The summed E-state index contributed by atoms with van der Waals surface area (Å²) in [6.45, 7) is 3.12. The molecule has 1 aromatic rings. The number of aliphatic carboxylic acids is 1. The highest BCUT2D eigenvalue weighted by atomic mass is 16.6. The summed E-state index contributed by atoms with van der Waals surface area (Å²) < 4.78 is 16.0. The van der Waals surface area contributed by atoms with Crippen LogP contribution in [0.5, 0.6) is 5.75 Å². The molecule has 1 unspecified atom stereocenters. The van der Waals surface area contributed by atoms with Crippen molar-refractivity contribution in [2.75, 3.05) is 19.8 Å². The minimum absolute atomic E-state index is 0.00110. The Hall–Kier alpha value is -2.16. The quantitative estimate of drug-likeness (QED) is 0.244. The molecule has 1 saturated carbocycles. The van der Waals surface area contributed by atoms with Gasteiger partial charge in [0.15, 0.2) is 6.61 Å². The van der Waals surface area contributed by atoms with Gasteiger partial charge < -0.3 is 29.5 Å². The van der Waals surface area contributed by atoms with Crippen LogP contribution in [0.15, 0.2) is 18.2 Å². The molecule has 8 nitrogen and oxygen atoms in total. The topological polar surface area (TPSA) is 123 Å². The van der Waals surface area contributed by atoms with E-state index in [4.69, 9.17) is 19.3 Å². The molecular formula is C28H42O8. The zero-order chi connectivity index (χ0) is 26.1. The van der Waals surface area contributed by atoms with Gasteiger partial charge in [-0.1, -0.05) is 38.3 Å². The van der Waals surface area contributed by atoms with Crippen molar-refractivity contribution < 1.29 is 39.1 Å². The van der Waals surface area contributed by atoms with Crippen LogP contribution < -0.4 is 4.74 Å². The van der Waals surface area contributed by atoms with Crippen molar-refractivity contribution in [3.05, 3.63) is 29.3 Å². The number of aliphatic hydroxyl groups excluding tert-OH is 2. The summed E-state index contributed by atoms with van der Waals surface area (Å²) in [4.78, 5) is 22.7. The SMILES string of the molecule is CCCCC[C@H](O)CC[C@@H]1[C@H]2Cc3cccc(OCC(=O)OC(C)COCC(=O)O)c3C[C@H]2C[C@H]1O. The largest absolute Gasteiger partial charge is 0.482 e. The molecule has 3 rings (SSSR count). The first-order valence-electron chi connectivity index (χ1n) is 13.4. The Kier molecular flexibility index (Phi) is 11.0. The van der Waals surface area contributed by atoms with Gasteiger partial charge in [0, 0.05) is 0 Å². The monoisotopic (exact) mass is 506 g/mol. The number of esters is 1. The van der Waals surface area contributed by atoms with Crippen LogP contribution in [0.1, 0.15) is 69.9 Å². The van der Waals surface area contributed by atoms with Crippen molar-refractivity contribution in [3.63, 3.8) is 0 Å². The van der Waals surface area contributed by atoms with Gasteiger partial charge in [-0.3, -0.25) is 0 Å². The third kappa shape index (κ3) is 8.18. The van der Waals surface area contributed by atoms with E-state index >= 15 is 0 Å². The number of benzene rings is 1. The fourth-order valence-corrected chi connectivity index (χ4v) is 5.84. The summed E-state index contributed by atoms with van der Waals surface area (Å²) in [7, 11) is 0. The van der Waals surface area contributed by atoms with E-state index in [0.717, 1.165) is 63.4 Å². The molecule has 0 heterocycles. The highest BCUT2D eigenvalue weighted by molar-refractivity contribution is 5.71. The molecule has 1 fully saturated rings. The lowest BCUT2D eigenvalue weighted by Gasteiger charge is -2.32. The Morgan fingerprint density at radius 2 is 1.94 bits per heavy atom. The van der Waals surface area contributed by atoms with Crippen LogP contribution in [0.25, 0.3) is 0 Å². The molecule has 0 spiro atoms. The van der Waals surface area contributed by atoms with Crippen molar-refractivity contribution in [2.45, 2.75) is 89.9 Å². The Morgan fingerprint density at radius 1 is 1.14 bits per heavy atom. The molecule has 3 N–H and O–H groups in total. The molecule has 0 amide bonds. The molecule has 0 aliphatic heterocycles. The van der Waals surface area contributed by atoms with Crippen molar-refractivity contribution in [1.82, 2.24) is 0 Å². The summed E-state index contributed by atoms with van der Waals surface area (Å²) >= 11 is 0. The molecule has 2 aliphatic rings. The summed E-state index contributed by atoms with van der Waals surface area (Å²) in [6, 6.07) is 5.89. The van der Waals surface area contributed by atoms with Gasteiger partial charge in [0.1, 0.15) is 18.5 Å². The van der Waals surface area contributed by atoms with Gasteiger partial charge >= 0.3 is 11.9 Å². The standard InChI is InChI=1S/C28H42O8/c1-3-4-5-8-21(29)10-11-22-23-12-19-7-6-9-26(24(19)13-20(23)14-25(22)30)35-17-28(33)36-18(2)15-34-16-27(31)32/h6-7,9,18,20-23,25,29-30H,3-5,8,10-17H2,1-2H3,(H,31,32)/t18?,20-,21-,22+,23-,25+/m0/s1. The van der Waals surface area contributed by atoms with Crippen LogP contribution in [-0.2, 0) is 31.9 Å². The molecule has 0 radical (unpaired) electrons. The third-order valence-electron chi connectivity index (χ3n) is 7.58. The van der Waals surface area contributed by atoms with Gasteiger partial charge in [0.25, 0.3) is 0 Å². The number of carboxylic acid groups (broad SMARTS) is 1. The van der Waals surface area contributed by atoms with Gasteiger partial charge in [-0.2, -0.15) is 0 Å². The third-order valence-corrected chi connectivity index (χ3v) is 7.58. The molecule has 2 aliphatic carbocycles. The molecule has 6 atom stereocenters. The molecular weight excluding hydrogens is 464 g/mol. The Balaban J connectivity index is 1.52. The van der Waals surface area contributed by atoms with Gasteiger partial charge in [-0.05, 0) is 80.4 Å². The number of rotatable bonds is 15. The number of aliphatic hydroxyl groups is 2. The van der Waals surface area contributed by atoms with E-state index in [1.807, 2.05) is 12.1 Å². The molecule has 8 heteroatoms. The van der Waals surface area contributed by atoms with Gasteiger partial charge in [-0.25, -0.2) is 9.59 Å². The minimum atomic E-state index is -1.07. The average Bonchev–Trinajstić information content (AvgIpc) is 3.13. The normalized spacial score (nSPS) is 24.4. The van der Waals surface area contributed by atoms with Crippen LogP contribution in [0.4, 0.5) is 0 Å². The molecule has 36 heavy (non-hydrogen) atoms. The number of carbonyl (C=O) groups is 2. The van der Waals surface area contributed by atoms with Crippen LogP contribution in [0.3, 0.4) is 0 Å². The number of carbonyl (C=O) groups excluding carboxylic acids is 1. The number of fused-ring (bicyclic) bond motifs is 2. The van der Waals surface area contributed by atoms with E-state index in [2.05, 4.69) is 13.0 Å². The van der Waals surface area contributed by atoms with E-state index in [1.165, 1.54) is 5.56 Å². The molecule has 0 saturated heterocycles. The fourth-order valence-electron chi connectivity index (χ4n) is 5.84. The number of carboxylic acids is 1. The molecule has 202 valence electrons. The lowest BCUT2D eigenvalue weighted by atomic mass is 9.73. The second-order valence-corrected chi connectivity index (χ2v) is 10.4. The summed E-state index contributed by atoms with van der Waals surface area (Å²) in [5.74, 6) is 0.00555. The van der Waals surface area contributed by atoms with Crippen molar-refractivity contribution >= 4 is 11.9 Å². The summed E-state index contributed by atoms with van der Waals surface area (Å²) in [6.07, 6.45) is 6.99. The Labute approximate surface area is 213 Å². The zero-order valence-electron chi connectivity index (χ0n) is 21.6. The minimum Gasteiger partial charge on any atom is -0.482 e. The number of ether oxygens (including phenoxy) is 3. The maximum Gasteiger partial charge on any atom is 0.344 e.